The van der Waals surface area contributed by atoms with Crippen molar-refractivity contribution in [3.05, 3.63) is 0 Å². The van der Waals surface area contributed by atoms with E-state index < -0.39 is 0 Å². The molecule has 0 bridgehead atoms. The van der Waals surface area contributed by atoms with E-state index in [1.165, 1.54) is 32.1 Å². The molecule has 3 nitrogen and oxygen atoms in total. The summed E-state index contributed by atoms with van der Waals surface area (Å²) in [6, 6.07) is 0.520. The first-order chi connectivity index (χ1) is 7.29. The average molecular weight is 210 g/mol. The Kier molecular flexibility index (Phi) is 3.62. The van der Waals surface area contributed by atoms with Gasteiger partial charge < -0.3 is 10.2 Å². The lowest BCUT2D eigenvalue weighted by Crippen LogP contribution is -2.42. The van der Waals surface area contributed by atoms with Gasteiger partial charge in [0.15, 0.2) is 0 Å². The molecule has 1 aliphatic carbocycles. The lowest BCUT2D eigenvalue weighted by atomic mass is 9.93. The van der Waals surface area contributed by atoms with Gasteiger partial charge >= 0.3 is 0 Å². The Morgan fingerprint density at radius 1 is 1.20 bits per heavy atom. The molecule has 0 aromatic carbocycles. The second kappa shape index (κ2) is 4.97. The van der Waals surface area contributed by atoms with Crippen molar-refractivity contribution < 1.29 is 4.79 Å². The Labute approximate surface area is 92.2 Å². The first-order valence-electron chi connectivity index (χ1n) is 6.26. The van der Waals surface area contributed by atoms with Crippen LogP contribution in [0.15, 0.2) is 0 Å². The maximum Gasteiger partial charge on any atom is 0.227 e. The lowest BCUT2D eigenvalue weighted by molar-refractivity contribution is -0.136. The van der Waals surface area contributed by atoms with Gasteiger partial charge in [0, 0.05) is 19.6 Å². The van der Waals surface area contributed by atoms with Crippen LogP contribution in [0.25, 0.3) is 0 Å². The highest BCUT2D eigenvalue weighted by Gasteiger charge is 2.29. The van der Waals surface area contributed by atoms with E-state index in [2.05, 4.69) is 5.32 Å². The molecule has 3 heteroatoms. The van der Waals surface area contributed by atoms with Crippen molar-refractivity contribution in [1.29, 1.82) is 0 Å². The molecule has 0 spiro atoms. The van der Waals surface area contributed by atoms with Crippen LogP contribution in [0, 0.1) is 5.92 Å². The summed E-state index contributed by atoms with van der Waals surface area (Å²) in [5, 5.41) is 3.26. The number of nitrogens with zero attached hydrogens (tertiary/aromatic N) is 1. The van der Waals surface area contributed by atoms with Crippen LogP contribution in [0.2, 0.25) is 0 Å². The molecule has 1 aliphatic heterocycles. The third-order valence-electron chi connectivity index (χ3n) is 3.88. The van der Waals surface area contributed by atoms with Gasteiger partial charge in [-0.3, -0.25) is 4.79 Å². The van der Waals surface area contributed by atoms with E-state index in [4.69, 9.17) is 0 Å². The maximum absolute atomic E-state index is 12.1. The summed E-state index contributed by atoms with van der Waals surface area (Å²) in [5.41, 5.74) is 0. The third-order valence-corrected chi connectivity index (χ3v) is 3.88. The fraction of sp³-hybridized carbons (Fsp3) is 0.917. The molecular formula is C12H22N2O. The molecule has 1 saturated carbocycles. The van der Waals surface area contributed by atoms with Crippen LogP contribution in [-0.2, 0) is 4.79 Å². The zero-order valence-corrected chi connectivity index (χ0v) is 9.67. The Hall–Kier alpha value is -0.570. The van der Waals surface area contributed by atoms with Crippen LogP contribution in [-0.4, -0.2) is 37.0 Å². The Bertz CT molecular complexity index is 218. The number of nitrogens with one attached hydrogen (secondary N) is 1. The summed E-state index contributed by atoms with van der Waals surface area (Å²) >= 11 is 0. The second-order valence-corrected chi connectivity index (χ2v) is 4.93. The summed E-state index contributed by atoms with van der Waals surface area (Å²) in [5.74, 6) is 0.615. The molecule has 2 rings (SSSR count). The molecule has 1 atom stereocenters. The van der Waals surface area contributed by atoms with Gasteiger partial charge in [-0.05, 0) is 25.8 Å². The monoisotopic (exact) mass is 210 g/mol. The Morgan fingerprint density at radius 2 is 1.93 bits per heavy atom. The van der Waals surface area contributed by atoms with E-state index in [9.17, 15) is 4.79 Å². The second-order valence-electron chi connectivity index (χ2n) is 4.93. The van der Waals surface area contributed by atoms with Crippen LogP contribution < -0.4 is 5.32 Å². The van der Waals surface area contributed by atoms with Gasteiger partial charge in [-0.15, -0.1) is 0 Å². The molecular weight excluding hydrogens is 188 g/mol. The van der Waals surface area contributed by atoms with Crippen LogP contribution in [0.3, 0.4) is 0 Å². The largest absolute Gasteiger partial charge is 0.342 e. The average Bonchev–Trinajstić information content (AvgIpc) is 2.82. The molecule has 0 unspecified atom stereocenters. The fourth-order valence-electron chi connectivity index (χ4n) is 2.80. The van der Waals surface area contributed by atoms with Crippen molar-refractivity contribution in [3.63, 3.8) is 0 Å². The van der Waals surface area contributed by atoms with Gasteiger partial charge in [0.25, 0.3) is 0 Å². The highest BCUT2D eigenvalue weighted by molar-refractivity contribution is 5.79. The van der Waals surface area contributed by atoms with Crippen molar-refractivity contribution in [2.24, 2.45) is 5.92 Å². The molecule has 1 amide bonds. The topological polar surface area (TPSA) is 32.3 Å². The predicted molar refractivity (Wildman–Crippen MR) is 60.6 cm³/mol. The minimum absolute atomic E-state index is 0.247. The van der Waals surface area contributed by atoms with E-state index in [1.807, 2.05) is 11.9 Å². The number of hydrogen-bond acceptors (Lipinski definition) is 2. The van der Waals surface area contributed by atoms with Gasteiger partial charge in [0.1, 0.15) is 0 Å². The van der Waals surface area contributed by atoms with Crippen LogP contribution in [0.1, 0.15) is 38.5 Å². The summed E-state index contributed by atoms with van der Waals surface area (Å²) in [6.07, 6.45) is 7.39. The molecule has 15 heavy (non-hydrogen) atoms. The van der Waals surface area contributed by atoms with E-state index in [-0.39, 0.29) is 5.92 Å². The Balaban J connectivity index is 1.87. The number of carbonyl (C=O) groups is 1. The van der Waals surface area contributed by atoms with E-state index in [0.29, 0.717) is 11.9 Å². The maximum atomic E-state index is 12.1. The first-order valence-corrected chi connectivity index (χ1v) is 6.26. The third kappa shape index (κ3) is 2.51. The summed E-state index contributed by atoms with van der Waals surface area (Å²) in [6.45, 7) is 1.89. The minimum Gasteiger partial charge on any atom is -0.342 e. The van der Waals surface area contributed by atoms with Crippen molar-refractivity contribution in [3.8, 4) is 0 Å². The van der Waals surface area contributed by atoms with Gasteiger partial charge in [-0.25, -0.2) is 0 Å². The van der Waals surface area contributed by atoms with Crippen molar-refractivity contribution >= 4 is 5.91 Å². The van der Waals surface area contributed by atoms with Gasteiger partial charge in [0.05, 0.1) is 5.92 Å². The van der Waals surface area contributed by atoms with E-state index in [1.54, 1.807) is 0 Å². The smallest absolute Gasteiger partial charge is 0.227 e. The van der Waals surface area contributed by atoms with Crippen LogP contribution in [0.5, 0.6) is 0 Å². The SMILES string of the molecule is CN(C(=O)[C@H]1CCNC1)C1CCCCC1. The van der Waals surface area contributed by atoms with Crippen molar-refractivity contribution in [1.82, 2.24) is 10.2 Å². The number of carbonyl (C=O) groups excluding carboxylic acids is 1. The highest BCUT2D eigenvalue weighted by atomic mass is 16.2. The molecule has 1 heterocycles. The summed E-state index contributed by atoms with van der Waals surface area (Å²) in [4.78, 5) is 14.2. The molecule has 1 saturated heterocycles. The normalized spacial score (nSPS) is 27.9. The fourth-order valence-corrected chi connectivity index (χ4v) is 2.80. The highest BCUT2D eigenvalue weighted by Crippen LogP contribution is 2.23. The molecule has 2 fully saturated rings. The van der Waals surface area contributed by atoms with Crippen LogP contribution >= 0.6 is 0 Å². The molecule has 2 aliphatic rings. The Morgan fingerprint density at radius 3 is 2.53 bits per heavy atom. The van der Waals surface area contributed by atoms with Crippen molar-refractivity contribution in [2.45, 2.75) is 44.6 Å². The molecule has 0 aromatic rings. The van der Waals surface area contributed by atoms with Gasteiger partial charge in [-0.1, -0.05) is 19.3 Å². The zero-order chi connectivity index (χ0) is 10.7. The molecule has 86 valence electrons. The molecule has 1 N–H and O–H groups in total. The van der Waals surface area contributed by atoms with Gasteiger partial charge in [0.2, 0.25) is 5.91 Å². The first kappa shape index (κ1) is 10.9. The zero-order valence-electron chi connectivity index (χ0n) is 9.67. The summed E-state index contributed by atoms with van der Waals surface area (Å²) < 4.78 is 0. The van der Waals surface area contributed by atoms with E-state index >= 15 is 0 Å². The number of rotatable bonds is 2. The van der Waals surface area contributed by atoms with Crippen LogP contribution in [0.4, 0.5) is 0 Å². The number of hydrogen-bond donors (Lipinski definition) is 1. The standard InChI is InChI=1S/C12H22N2O/c1-14(11-5-3-2-4-6-11)12(15)10-7-8-13-9-10/h10-11,13H,2-9H2,1H3/t10-/m0/s1. The van der Waals surface area contributed by atoms with Crippen molar-refractivity contribution in [2.75, 3.05) is 20.1 Å². The summed E-state index contributed by atoms with van der Waals surface area (Å²) in [7, 11) is 2.00. The quantitative estimate of drug-likeness (QED) is 0.747. The number of amides is 1. The minimum atomic E-state index is 0.247. The van der Waals surface area contributed by atoms with E-state index in [0.717, 1.165) is 19.5 Å². The lowest BCUT2D eigenvalue weighted by Gasteiger charge is -2.32. The molecule has 0 aromatic heterocycles. The van der Waals surface area contributed by atoms with Gasteiger partial charge in [-0.2, -0.15) is 0 Å². The molecule has 0 radical (unpaired) electrons. The predicted octanol–water partition coefficient (Wildman–Crippen LogP) is 1.39.